The van der Waals surface area contributed by atoms with E-state index in [4.69, 9.17) is 0 Å². The lowest BCUT2D eigenvalue weighted by atomic mass is 10.1. The Hall–Kier alpha value is -2.99. The summed E-state index contributed by atoms with van der Waals surface area (Å²) in [4.78, 5) is 28.1. The summed E-state index contributed by atoms with van der Waals surface area (Å²) in [5.74, 6) is -1.93. The smallest absolute Gasteiger partial charge is 0.298 e. The van der Waals surface area contributed by atoms with Crippen molar-refractivity contribution in [2.24, 2.45) is 0 Å². The number of amides is 1. The molecule has 1 amide bonds. The van der Waals surface area contributed by atoms with Crippen LogP contribution in [-0.4, -0.2) is 21.8 Å². The molecule has 24 heavy (non-hydrogen) atoms. The highest BCUT2D eigenvalue weighted by molar-refractivity contribution is 7.22. The number of thiazole rings is 1. The number of aryl methyl sites for hydroxylation is 1. The Kier molecular flexibility index (Phi) is 4.39. The number of aliphatic hydroxyl groups is 1. The van der Waals surface area contributed by atoms with Crippen molar-refractivity contribution >= 4 is 44.1 Å². The molecule has 0 aliphatic carbocycles. The van der Waals surface area contributed by atoms with Crippen LogP contribution in [0.1, 0.15) is 11.1 Å². The Labute approximate surface area is 142 Å². The molecule has 0 atom stereocenters. The van der Waals surface area contributed by atoms with E-state index in [2.05, 4.69) is 10.3 Å². The third-order valence-electron chi connectivity index (χ3n) is 3.35. The van der Waals surface area contributed by atoms with Gasteiger partial charge in [-0.1, -0.05) is 53.3 Å². The summed E-state index contributed by atoms with van der Waals surface area (Å²) < 4.78 is 0.915. The van der Waals surface area contributed by atoms with Gasteiger partial charge in [0.25, 0.3) is 5.91 Å². The van der Waals surface area contributed by atoms with Gasteiger partial charge >= 0.3 is 0 Å². The standard InChI is InChI=1S/C18H14N2O3S/c1-11-6-8-12(9-7-11)14(21)10-15(22)17(23)20-18-19-13-4-2-3-5-16(13)24-18/h2-10,21H,1H3,(H,19,20,23)/b14-10-. The van der Waals surface area contributed by atoms with Crippen LogP contribution in [0.3, 0.4) is 0 Å². The highest BCUT2D eigenvalue weighted by Crippen LogP contribution is 2.25. The fourth-order valence-electron chi connectivity index (χ4n) is 2.08. The zero-order valence-electron chi connectivity index (χ0n) is 12.8. The maximum absolute atomic E-state index is 12.0. The average Bonchev–Trinajstić information content (AvgIpc) is 2.97. The van der Waals surface area contributed by atoms with E-state index in [-0.39, 0.29) is 5.76 Å². The van der Waals surface area contributed by atoms with Crippen LogP contribution in [0.2, 0.25) is 0 Å². The minimum absolute atomic E-state index is 0.251. The van der Waals surface area contributed by atoms with Crippen LogP contribution in [0, 0.1) is 6.92 Å². The normalized spacial score (nSPS) is 11.5. The number of carbonyl (C=O) groups is 2. The molecule has 5 nitrogen and oxygen atoms in total. The highest BCUT2D eigenvalue weighted by atomic mass is 32.1. The molecule has 0 saturated heterocycles. The molecular formula is C18H14N2O3S. The molecule has 2 aromatic carbocycles. The average molecular weight is 338 g/mol. The fourth-order valence-corrected chi connectivity index (χ4v) is 2.94. The van der Waals surface area contributed by atoms with E-state index in [9.17, 15) is 14.7 Å². The summed E-state index contributed by atoms with van der Waals surface area (Å²) in [7, 11) is 0. The van der Waals surface area contributed by atoms with Crippen molar-refractivity contribution in [3.8, 4) is 0 Å². The minimum Gasteiger partial charge on any atom is -0.507 e. The molecule has 0 aliphatic heterocycles. The SMILES string of the molecule is Cc1ccc(/C(O)=C/C(=O)C(=O)Nc2nc3ccccc3s2)cc1. The number of nitrogens with one attached hydrogen (secondary N) is 1. The quantitative estimate of drug-likeness (QED) is 0.432. The Morgan fingerprint density at radius 2 is 1.83 bits per heavy atom. The van der Waals surface area contributed by atoms with Gasteiger partial charge in [0.1, 0.15) is 5.76 Å². The zero-order valence-corrected chi connectivity index (χ0v) is 13.6. The first kappa shape index (κ1) is 15.9. The van der Waals surface area contributed by atoms with Crippen LogP contribution in [0.25, 0.3) is 16.0 Å². The van der Waals surface area contributed by atoms with Crippen LogP contribution in [0.4, 0.5) is 5.13 Å². The maximum atomic E-state index is 12.0. The number of ketones is 1. The molecule has 0 unspecified atom stereocenters. The number of hydrogen-bond acceptors (Lipinski definition) is 5. The number of carbonyl (C=O) groups excluding carboxylic acids is 2. The Bertz CT molecular complexity index is 909. The number of nitrogens with zero attached hydrogens (tertiary/aromatic N) is 1. The van der Waals surface area contributed by atoms with Gasteiger partial charge in [-0.2, -0.15) is 0 Å². The Morgan fingerprint density at radius 3 is 2.54 bits per heavy atom. The molecule has 1 aromatic heterocycles. The van der Waals surface area contributed by atoms with Crippen molar-refractivity contribution in [2.45, 2.75) is 6.92 Å². The molecule has 0 saturated carbocycles. The number of aromatic nitrogens is 1. The molecule has 0 bridgehead atoms. The Balaban J connectivity index is 1.73. The van der Waals surface area contributed by atoms with Crippen LogP contribution in [-0.2, 0) is 9.59 Å². The molecule has 0 fully saturated rings. The molecule has 3 aromatic rings. The molecule has 120 valence electrons. The predicted octanol–water partition coefficient (Wildman–Crippen LogP) is 3.71. The van der Waals surface area contributed by atoms with E-state index in [0.717, 1.165) is 21.9 Å². The van der Waals surface area contributed by atoms with Crippen molar-refractivity contribution in [1.82, 2.24) is 4.98 Å². The van der Waals surface area contributed by atoms with Gasteiger partial charge in [0.15, 0.2) is 5.13 Å². The number of rotatable bonds is 4. The van der Waals surface area contributed by atoms with Gasteiger partial charge in [-0.25, -0.2) is 4.98 Å². The molecule has 6 heteroatoms. The van der Waals surface area contributed by atoms with Gasteiger partial charge in [-0.3, -0.25) is 14.9 Å². The van der Waals surface area contributed by atoms with E-state index >= 15 is 0 Å². The lowest BCUT2D eigenvalue weighted by molar-refractivity contribution is -0.131. The van der Waals surface area contributed by atoms with Gasteiger partial charge in [-0.15, -0.1) is 0 Å². The first-order valence-corrected chi connectivity index (χ1v) is 8.03. The van der Waals surface area contributed by atoms with E-state index in [1.165, 1.54) is 11.3 Å². The monoisotopic (exact) mass is 338 g/mol. The van der Waals surface area contributed by atoms with E-state index in [1.807, 2.05) is 43.3 Å². The highest BCUT2D eigenvalue weighted by Gasteiger charge is 2.15. The third-order valence-corrected chi connectivity index (χ3v) is 4.31. The third kappa shape index (κ3) is 3.49. The van der Waals surface area contributed by atoms with Crippen molar-refractivity contribution < 1.29 is 14.7 Å². The van der Waals surface area contributed by atoms with Gasteiger partial charge in [-0.05, 0) is 19.1 Å². The summed E-state index contributed by atoms with van der Waals surface area (Å²) in [5.41, 5.74) is 2.26. The molecule has 2 N–H and O–H groups in total. The second-order valence-corrected chi connectivity index (χ2v) is 6.23. The van der Waals surface area contributed by atoms with Gasteiger partial charge in [0.2, 0.25) is 5.78 Å². The van der Waals surface area contributed by atoms with Crippen molar-refractivity contribution in [1.29, 1.82) is 0 Å². The second-order valence-electron chi connectivity index (χ2n) is 5.20. The summed E-state index contributed by atoms with van der Waals surface area (Å²) in [5, 5.41) is 12.8. The van der Waals surface area contributed by atoms with E-state index in [0.29, 0.717) is 10.7 Å². The number of aliphatic hydroxyl groups excluding tert-OH is 1. The molecule has 0 spiro atoms. The van der Waals surface area contributed by atoms with Crippen LogP contribution >= 0.6 is 11.3 Å². The van der Waals surface area contributed by atoms with E-state index < -0.39 is 11.7 Å². The Morgan fingerprint density at radius 1 is 1.12 bits per heavy atom. The van der Waals surface area contributed by atoms with E-state index in [1.54, 1.807) is 12.1 Å². The molecule has 0 radical (unpaired) electrons. The van der Waals surface area contributed by atoms with Gasteiger partial charge in [0.05, 0.1) is 10.2 Å². The predicted molar refractivity (Wildman–Crippen MR) is 95.0 cm³/mol. The zero-order chi connectivity index (χ0) is 17.1. The van der Waals surface area contributed by atoms with Crippen LogP contribution < -0.4 is 5.32 Å². The topological polar surface area (TPSA) is 79.3 Å². The van der Waals surface area contributed by atoms with Crippen molar-refractivity contribution in [3.05, 3.63) is 65.7 Å². The fraction of sp³-hybridized carbons (Fsp3) is 0.0556. The summed E-state index contributed by atoms with van der Waals surface area (Å²) in [6.45, 7) is 1.92. The first-order chi connectivity index (χ1) is 11.5. The summed E-state index contributed by atoms with van der Waals surface area (Å²) >= 11 is 1.28. The first-order valence-electron chi connectivity index (χ1n) is 7.21. The number of fused-ring (bicyclic) bond motifs is 1. The summed E-state index contributed by atoms with van der Waals surface area (Å²) in [6, 6.07) is 14.4. The number of benzene rings is 2. The van der Waals surface area contributed by atoms with Crippen molar-refractivity contribution in [3.63, 3.8) is 0 Å². The molecule has 3 rings (SSSR count). The minimum atomic E-state index is -0.840. The largest absolute Gasteiger partial charge is 0.507 e. The van der Waals surface area contributed by atoms with Crippen LogP contribution in [0.15, 0.2) is 54.6 Å². The second kappa shape index (κ2) is 6.64. The van der Waals surface area contributed by atoms with Crippen LogP contribution in [0.5, 0.6) is 0 Å². The molecular weight excluding hydrogens is 324 g/mol. The lowest BCUT2D eigenvalue weighted by Crippen LogP contribution is -2.21. The molecule has 0 aliphatic rings. The van der Waals surface area contributed by atoms with Gasteiger partial charge < -0.3 is 5.11 Å². The number of hydrogen-bond donors (Lipinski definition) is 2. The van der Waals surface area contributed by atoms with Gasteiger partial charge in [0, 0.05) is 11.6 Å². The number of anilines is 1. The van der Waals surface area contributed by atoms with Crippen molar-refractivity contribution in [2.75, 3.05) is 5.32 Å². The molecule has 1 heterocycles. The number of para-hydroxylation sites is 1. The summed E-state index contributed by atoms with van der Waals surface area (Å²) in [6.07, 6.45) is 0.910. The maximum Gasteiger partial charge on any atom is 0.298 e. The lowest BCUT2D eigenvalue weighted by Gasteiger charge is -2.01.